The van der Waals surface area contributed by atoms with Crippen LogP contribution >= 0.6 is 11.6 Å². The van der Waals surface area contributed by atoms with Gasteiger partial charge in [0, 0.05) is 11.4 Å². The Morgan fingerprint density at radius 3 is 2.76 bits per heavy atom. The Morgan fingerprint density at radius 1 is 1.24 bits per heavy atom. The molecule has 25 heavy (non-hydrogen) atoms. The summed E-state index contributed by atoms with van der Waals surface area (Å²) in [6.07, 6.45) is 0.753. The summed E-state index contributed by atoms with van der Waals surface area (Å²) in [7, 11) is 0. The standard InChI is InChI=1S/C20H22ClNO3/c1-14-4-3-5-16(10-14)13-25-22-15(2)17-7-9-20(21)18(11-17)6-8-19(24)12-23/h3-5,7,9-11,23H,6,8,12-13H2,1-2H3/b22-15-. The average Bonchev–Trinajstić information content (AvgIpc) is 2.60. The fourth-order valence-corrected chi connectivity index (χ4v) is 2.61. The van der Waals surface area contributed by atoms with Crippen LogP contribution in [0.1, 0.15) is 35.6 Å². The fraction of sp³-hybridized carbons (Fsp3) is 0.300. The van der Waals surface area contributed by atoms with E-state index in [9.17, 15) is 4.79 Å². The minimum Gasteiger partial charge on any atom is -0.391 e. The second kappa shape index (κ2) is 9.35. The largest absolute Gasteiger partial charge is 0.391 e. The van der Waals surface area contributed by atoms with Gasteiger partial charge < -0.3 is 9.94 Å². The molecule has 0 aromatic heterocycles. The van der Waals surface area contributed by atoms with Gasteiger partial charge in [-0.2, -0.15) is 0 Å². The van der Waals surface area contributed by atoms with Crippen molar-refractivity contribution in [2.75, 3.05) is 6.61 Å². The Kier molecular flexibility index (Phi) is 7.16. The van der Waals surface area contributed by atoms with E-state index in [1.54, 1.807) is 6.07 Å². The third-order valence-corrected chi connectivity index (χ3v) is 4.20. The Labute approximate surface area is 153 Å². The highest BCUT2D eigenvalue weighted by molar-refractivity contribution is 6.31. The summed E-state index contributed by atoms with van der Waals surface area (Å²) in [4.78, 5) is 16.7. The van der Waals surface area contributed by atoms with Gasteiger partial charge in [-0.3, -0.25) is 4.79 Å². The number of aryl methyl sites for hydroxylation is 2. The minimum atomic E-state index is -0.440. The molecule has 0 bridgehead atoms. The van der Waals surface area contributed by atoms with Crippen LogP contribution in [0.3, 0.4) is 0 Å². The monoisotopic (exact) mass is 359 g/mol. The van der Waals surface area contributed by atoms with Crippen LogP contribution in [0.2, 0.25) is 5.02 Å². The predicted molar refractivity (Wildman–Crippen MR) is 100 cm³/mol. The van der Waals surface area contributed by atoms with Crippen molar-refractivity contribution in [2.24, 2.45) is 5.16 Å². The Balaban J connectivity index is 2.02. The van der Waals surface area contributed by atoms with Gasteiger partial charge in [0.1, 0.15) is 13.2 Å². The van der Waals surface area contributed by atoms with Crippen molar-refractivity contribution in [1.29, 1.82) is 0 Å². The van der Waals surface area contributed by atoms with Crippen LogP contribution in [0.4, 0.5) is 0 Å². The molecule has 0 saturated heterocycles. The molecule has 0 atom stereocenters. The molecule has 2 aromatic rings. The zero-order valence-electron chi connectivity index (χ0n) is 14.5. The molecular weight excluding hydrogens is 338 g/mol. The number of hydrogen-bond donors (Lipinski definition) is 1. The van der Waals surface area contributed by atoms with E-state index in [0.717, 1.165) is 22.4 Å². The highest BCUT2D eigenvalue weighted by atomic mass is 35.5. The van der Waals surface area contributed by atoms with Gasteiger partial charge in [-0.05, 0) is 49.1 Å². The molecule has 0 heterocycles. The highest BCUT2D eigenvalue weighted by Crippen LogP contribution is 2.20. The zero-order chi connectivity index (χ0) is 18.2. The molecule has 132 valence electrons. The first-order valence-corrected chi connectivity index (χ1v) is 8.51. The maximum absolute atomic E-state index is 11.3. The van der Waals surface area contributed by atoms with E-state index in [4.69, 9.17) is 21.5 Å². The lowest BCUT2D eigenvalue weighted by molar-refractivity contribution is -0.121. The van der Waals surface area contributed by atoms with Gasteiger partial charge in [0.25, 0.3) is 0 Å². The van der Waals surface area contributed by atoms with Gasteiger partial charge in [0.15, 0.2) is 5.78 Å². The molecule has 0 amide bonds. The molecule has 0 aliphatic rings. The first kappa shape index (κ1) is 19.2. The highest BCUT2D eigenvalue weighted by Gasteiger charge is 2.07. The van der Waals surface area contributed by atoms with Crippen molar-refractivity contribution in [3.05, 3.63) is 69.7 Å². The lowest BCUT2D eigenvalue weighted by Crippen LogP contribution is -2.06. The van der Waals surface area contributed by atoms with Crippen LogP contribution < -0.4 is 0 Å². The molecule has 5 heteroatoms. The molecule has 0 unspecified atom stereocenters. The van der Waals surface area contributed by atoms with E-state index in [-0.39, 0.29) is 12.2 Å². The number of nitrogens with zero attached hydrogens (tertiary/aromatic N) is 1. The van der Waals surface area contributed by atoms with Crippen molar-refractivity contribution in [1.82, 2.24) is 0 Å². The number of hydrogen-bond acceptors (Lipinski definition) is 4. The number of ketones is 1. The summed E-state index contributed by atoms with van der Waals surface area (Å²) < 4.78 is 0. The number of aliphatic hydroxyl groups excluding tert-OH is 1. The van der Waals surface area contributed by atoms with Crippen LogP contribution in [-0.2, 0) is 22.7 Å². The molecule has 0 aliphatic carbocycles. The summed E-state index contributed by atoms with van der Waals surface area (Å²) in [5.74, 6) is -0.201. The summed E-state index contributed by atoms with van der Waals surface area (Å²) in [6.45, 7) is 3.87. The SMILES string of the molecule is C/C(=N/OCc1cccc(C)c1)c1ccc(Cl)c(CCC(=O)CO)c1. The Bertz CT molecular complexity index is 771. The molecule has 2 aromatic carbocycles. The number of rotatable bonds is 8. The predicted octanol–water partition coefficient (Wildman–Crippen LogP) is 4.08. The first-order valence-electron chi connectivity index (χ1n) is 8.13. The van der Waals surface area contributed by atoms with E-state index < -0.39 is 6.61 Å². The fourth-order valence-electron chi connectivity index (χ4n) is 2.40. The van der Waals surface area contributed by atoms with Crippen LogP contribution in [0.5, 0.6) is 0 Å². The second-order valence-electron chi connectivity index (χ2n) is 5.94. The van der Waals surface area contributed by atoms with Gasteiger partial charge in [0.2, 0.25) is 0 Å². The Hall–Kier alpha value is -2.17. The zero-order valence-corrected chi connectivity index (χ0v) is 15.2. The maximum Gasteiger partial charge on any atom is 0.158 e. The van der Waals surface area contributed by atoms with Crippen LogP contribution in [0.15, 0.2) is 47.6 Å². The third-order valence-electron chi connectivity index (χ3n) is 3.83. The molecule has 2 rings (SSSR count). The van der Waals surface area contributed by atoms with Crippen molar-refractivity contribution in [3.8, 4) is 0 Å². The smallest absolute Gasteiger partial charge is 0.158 e. The van der Waals surface area contributed by atoms with E-state index in [1.165, 1.54) is 5.56 Å². The van der Waals surface area contributed by atoms with Crippen molar-refractivity contribution in [3.63, 3.8) is 0 Å². The second-order valence-corrected chi connectivity index (χ2v) is 6.35. The maximum atomic E-state index is 11.3. The summed E-state index contributed by atoms with van der Waals surface area (Å²) in [5, 5.41) is 13.6. The van der Waals surface area contributed by atoms with Crippen LogP contribution in [0.25, 0.3) is 0 Å². The third kappa shape index (κ3) is 6.00. The number of carbonyl (C=O) groups excluding carboxylic acids is 1. The number of benzene rings is 2. The van der Waals surface area contributed by atoms with Gasteiger partial charge in [-0.1, -0.05) is 52.7 Å². The molecule has 1 N–H and O–H groups in total. The summed E-state index contributed by atoms with van der Waals surface area (Å²) >= 11 is 6.18. The summed E-state index contributed by atoms with van der Waals surface area (Å²) in [6, 6.07) is 13.6. The van der Waals surface area contributed by atoms with Crippen LogP contribution in [-0.4, -0.2) is 23.2 Å². The molecule has 0 fully saturated rings. The Morgan fingerprint density at radius 2 is 2.04 bits per heavy atom. The van der Waals surface area contributed by atoms with Gasteiger partial charge in [-0.25, -0.2) is 0 Å². The van der Waals surface area contributed by atoms with E-state index in [2.05, 4.69) is 11.2 Å². The number of halogens is 1. The van der Waals surface area contributed by atoms with Gasteiger partial charge in [-0.15, -0.1) is 0 Å². The number of carbonyl (C=O) groups is 1. The number of aliphatic hydroxyl groups is 1. The van der Waals surface area contributed by atoms with Crippen molar-refractivity contribution >= 4 is 23.1 Å². The molecule has 4 nitrogen and oxygen atoms in total. The number of oxime groups is 1. The van der Waals surface area contributed by atoms with Crippen LogP contribution in [0, 0.1) is 6.92 Å². The molecule has 0 saturated carbocycles. The molecular formula is C20H22ClNO3. The lowest BCUT2D eigenvalue weighted by atomic mass is 10.0. The van der Waals surface area contributed by atoms with Crippen molar-refractivity contribution < 1.29 is 14.7 Å². The quantitative estimate of drug-likeness (QED) is 0.570. The first-order chi connectivity index (χ1) is 12.0. The molecule has 0 aliphatic heterocycles. The average molecular weight is 360 g/mol. The minimum absolute atomic E-state index is 0.201. The van der Waals surface area contributed by atoms with Crippen molar-refractivity contribution in [2.45, 2.75) is 33.3 Å². The molecule has 0 radical (unpaired) electrons. The van der Waals surface area contributed by atoms with E-state index >= 15 is 0 Å². The molecule has 0 spiro atoms. The topological polar surface area (TPSA) is 58.9 Å². The van der Waals surface area contributed by atoms with Gasteiger partial charge in [0.05, 0.1) is 5.71 Å². The lowest BCUT2D eigenvalue weighted by Gasteiger charge is -2.08. The van der Waals surface area contributed by atoms with E-state index in [1.807, 2.05) is 44.2 Å². The number of Topliss-reactive ketones (excluding diaryl/α,β-unsaturated/α-hetero) is 1. The van der Waals surface area contributed by atoms with E-state index in [0.29, 0.717) is 18.1 Å². The normalized spacial score (nSPS) is 11.4. The van der Waals surface area contributed by atoms with Gasteiger partial charge >= 0.3 is 0 Å². The summed E-state index contributed by atoms with van der Waals surface area (Å²) in [5.41, 5.74) is 4.73.